The third-order valence-electron chi connectivity index (χ3n) is 6.34. The topological polar surface area (TPSA) is 103 Å². The van der Waals surface area contributed by atoms with E-state index in [4.69, 9.17) is 10.5 Å². The summed E-state index contributed by atoms with van der Waals surface area (Å²) >= 11 is 0. The molecule has 1 amide bonds. The van der Waals surface area contributed by atoms with Crippen LogP contribution in [0.2, 0.25) is 0 Å². The second-order valence-electron chi connectivity index (χ2n) is 8.96. The molecular weight excluding hydrogens is 456 g/mol. The average molecular weight is 479 g/mol. The number of aliphatic imine (C=N–C) groups is 1. The van der Waals surface area contributed by atoms with Gasteiger partial charge in [-0.15, -0.1) is 0 Å². The van der Waals surface area contributed by atoms with Gasteiger partial charge in [-0.2, -0.15) is 8.78 Å². The first kappa shape index (κ1) is 22.7. The van der Waals surface area contributed by atoms with E-state index >= 15 is 0 Å². The summed E-state index contributed by atoms with van der Waals surface area (Å²) in [5, 5.41) is 0. The minimum absolute atomic E-state index is 0.0719. The van der Waals surface area contributed by atoms with Crippen LogP contribution in [-0.4, -0.2) is 46.0 Å². The molecule has 0 radical (unpaired) electrons. The first-order valence-electron chi connectivity index (χ1n) is 11.0. The van der Waals surface area contributed by atoms with Crippen LogP contribution in [-0.2, 0) is 16.8 Å². The van der Waals surface area contributed by atoms with Crippen molar-refractivity contribution in [3.63, 3.8) is 0 Å². The van der Waals surface area contributed by atoms with Crippen molar-refractivity contribution in [1.82, 2.24) is 14.9 Å². The lowest BCUT2D eigenvalue weighted by molar-refractivity contribution is -0.133. The van der Waals surface area contributed by atoms with Crippen molar-refractivity contribution in [3.8, 4) is 22.6 Å². The lowest BCUT2D eigenvalue weighted by atomic mass is 9.74. The van der Waals surface area contributed by atoms with E-state index in [1.165, 1.54) is 23.4 Å². The molecule has 10 heteroatoms. The number of halogens is 2. The van der Waals surface area contributed by atoms with Gasteiger partial charge in [-0.25, -0.2) is 15.0 Å². The zero-order chi connectivity index (χ0) is 24.8. The molecule has 0 saturated carbocycles. The van der Waals surface area contributed by atoms with E-state index in [9.17, 15) is 13.6 Å². The minimum atomic E-state index is -2.89. The number of guanidine groups is 1. The molecule has 3 heterocycles. The second kappa shape index (κ2) is 8.30. The number of aromatic nitrogens is 2. The fraction of sp³-hybridized carbons (Fsp3) is 0.280. The molecule has 2 aliphatic rings. The van der Waals surface area contributed by atoms with Crippen LogP contribution >= 0.6 is 0 Å². The molecule has 2 N–H and O–H groups in total. The molecule has 2 aliphatic heterocycles. The zero-order valence-electron chi connectivity index (χ0n) is 19.1. The normalized spacial score (nSPS) is 23.3. The van der Waals surface area contributed by atoms with Gasteiger partial charge in [0.25, 0.3) is 5.91 Å². The lowest BCUT2D eigenvalue weighted by Gasteiger charge is -2.43. The first-order chi connectivity index (χ1) is 16.7. The van der Waals surface area contributed by atoms with Crippen LogP contribution in [0.25, 0.3) is 11.1 Å². The van der Waals surface area contributed by atoms with E-state index in [1.54, 1.807) is 31.6 Å². The Morgan fingerprint density at radius 3 is 2.49 bits per heavy atom. The Hall–Kier alpha value is -4.08. The van der Waals surface area contributed by atoms with Gasteiger partial charge in [0.15, 0.2) is 11.5 Å². The van der Waals surface area contributed by atoms with E-state index in [2.05, 4.69) is 19.7 Å². The quantitative estimate of drug-likeness (QED) is 0.601. The van der Waals surface area contributed by atoms with Crippen LogP contribution < -0.4 is 15.2 Å². The number of carbonyl (C=O) groups is 1. The number of likely N-dealkylation sites (N-methyl/N-ethyl adjacent to an activating group) is 1. The summed E-state index contributed by atoms with van der Waals surface area (Å²) in [4.78, 5) is 27.7. The number of fused-ring (bicyclic) bond motifs is 2. The molecule has 0 saturated heterocycles. The number of benzene rings is 2. The summed E-state index contributed by atoms with van der Waals surface area (Å²) in [6.07, 6.45) is 5.48. The van der Waals surface area contributed by atoms with Crippen molar-refractivity contribution in [2.75, 3.05) is 7.05 Å². The molecular formula is C25H23F2N5O3. The SMILES string of the molecule is CN1C(=O)[C@]2(C[C@@](C)(Cc3ccc(OC(F)F)cc3)Oc3ccc(-c4cncnc4)cc32)N=C1N. The zero-order valence-corrected chi connectivity index (χ0v) is 19.1. The molecule has 35 heavy (non-hydrogen) atoms. The second-order valence-corrected chi connectivity index (χ2v) is 8.96. The predicted octanol–water partition coefficient (Wildman–Crippen LogP) is 3.51. The summed E-state index contributed by atoms with van der Waals surface area (Å²) in [5.74, 6) is 0.486. The van der Waals surface area contributed by atoms with Crippen molar-refractivity contribution in [1.29, 1.82) is 0 Å². The van der Waals surface area contributed by atoms with Crippen LogP contribution in [0.1, 0.15) is 24.5 Å². The highest BCUT2D eigenvalue weighted by Crippen LogP contribution is 2.50. The Bertz CT molecular complexity index is 1300. The molecule has 0 unspecified atom stereocenters. The number of nitrogens with two attached hydrogens (primary N) is 1. The highest BCUT2D eigenvalue weighted by atomic mass is 19.3. The van der Waals surface area contributed by atoms with Crippen LogP contribution in [0.4, 0.5) is 8.78 Å². The van der Waals surface area contributed by atoms with Gasteiger partial charge < -0.3 is 15.2 Å². The highest BCUT2D eigenvalue weighted by molar-refractivity contribution is 6.07. The maximum atomic E-state index is 13.6. The number of hydrogen-bond acceptors (Lipinski definition) is 7. The fourth-order valence-electron chi connectivity index (χ4n) is 4.82. The molecule has 8 nitrogen and oxygen atoms in total. The molecule has 0 fully saturated rings. The molecule has 0 aliphatic carbocycles. The van der Waals surface area contributed by atoms with Crippen LogP contribution in [0.15, 0.2) is 66.2 Å². The van der Waals surface area contributed by atoms with Gasteiger partial charge in [-0.3, -0.25) is 9.69 Å². The largest absolute Gasteiger partial charge is 0.487 e. The van der Waals surface area contributed by atoms with Gasteiger partial charge in [0, 0.05) is 43.4 Å². The Morgan fingerprint density at radius 1 is 1.14 bits per heavy atom. The summed E-state index contributed by atoms with van der Waals surface area (Å²) in [7, 11) is 1.60. The van der Waals surface area contributed by atoms with Crippen molar-refractivity contribution >= 4 is 11.9 Å². The Labute approximate surface area is 200 Å². The van der Waals surface area contributed by atoms with Gasteiger partial charge in [0.05, 0.1) is 0 Å². The third-order valence-corrected chi connectivity index (χ3v) is 6.34. The number of carbonyl (C=O) groups excluding carboxylic acids is 1. The summed E-state index contributed by atoms with van der Waals surface area (Å²) in [6.45, 7) is -0.991. The maximum absolute atomic E-state index is 13.6. The predicted molar refractivity (Wildman–Crippen MR) is 124 cm³/mol. The fourth-order valence-corrected chi connectivity index (χ4v) is 4.82. The number of rotatable bonds is 5. The molecule has 2 atom stereocenters. The van der Waals surface area contributed by atoms with Gasteiger partial charge in [-0.1, -0.05) is 18.2 Å². The Balaban J connectivity index is 1.54. The number of hydrogen-bond donors (Lipinski definition) is 1. The first-order valence-corrected chi connectivity index (χ1v) is 11.0. The molecule has 180 valence electrons. The number of ether oxygens (including phenoxy) is 2. The third kappa shape index (κ3) is 4.05. The molecule has 5 rings (SSSR count). The van der Waals surface area contributed by atoms with Crippen LogP contribution in [0.3, 0.4) is 0 Å². The van der Waals surface area contributed by atoms with Gasteiger partial charge in [0.2, 0.25) is 0 Å². The monoisotopic (exact) mass is 479 g/mol. The highest BCUT2D eigenvalue weighted by Gasteiger charge is 2.56. The average Bonchev–Trinajstić information content (AvgIpc) is 3.04. The minimum Gasteiger partial charge on any atom is -0.487 e. The van der Waals surface area contributed by atoms with Gasteiger partial charge in [-0.05, 0) is 42.3 Å². The summed E-state index contributed by atoms with van der Waals surface area (Å²) in [5.41, 5.74) is 7.07. The van der Waals surface area contributed by atoms with E-state index in [-0.39, 0.29) is 24.0 Å². The Morgan fingerprint density at radius 2 is 1.86 bits per heavy atom. The number of alkyl halides is 2. The number of nitrogens with zero attached hydrogens (tertiary/aromatic N) is 4. The molecule has 3 aromatic rings. The lowest BCUT2D eigenvalue weighted by Crippen LogP contribution is -2.51. The summed E-state index contributed by atoms with van der Waals surface area (Å²) in [6, 6.07) is 11.9. The van der Waals surface area contributed by atoms with E-state index in [0.29, 0.717) is 17.7 Å². The van der Waals surface area contributed by atoms with E-state index < -0.39 is 17.8 Å². The van der Waals surface area contributed by atoms with Crippen LogP contribution in [0, 0.1) is 0 Å². The van der Waals surface area contributed by atoms with Crippen molar-refractivity contribution in [2.45, 2.75) is 37.5 Å². The molecule has 1 spiro atoms. The van der Waals surface area contributed by atoms with Crippen LogP contribution in [0.5, 0.6) is 11.5 Å². The van der Waals surface area contributed by atoms with Gasteiger partial charge in [0.1, 0.15) is 23.4 Å². The van der Waals surface area contributed by atoms with Crippen molar-refractivity contribution in [3.05, 3.63) is 72.3 Å². The van der Waals surface area contributed by atoms with Crippen molar-refractivity contribution in [2.24, 2.45) is 10.7 Å². The molecule has 1 aromatic heterocycles. The molecule has 2 aromatic carbocycles. The Kier molecular flexibility index (Phi) is 5.38. The van der Waals surface area contributed by atoms with E-state index in [0.717, 1.165) is 16.7 Å². The maximum Gasteiger partial charge on any atom is 0.387 e. The summed E-state index contributed by atoms with van der Waals surface area (Å²) < 4.78 is 35.9. The van der Waals surface area contributed by atoms with E-state index in [1.807, 2.05) is 25.1 Å². The van der Waals surface area contributed by atoms with Crippen molar-refractivity contribution < 1.29 is 23.0 Å². The molecule has 0 bridgehead atoms. The standard InChI is InChI=1S/C25H23F2N5O3/c1-24(10-15-3-6-18(7-4-15)34-22(26)27)13-25(21(33)32(2)23(28)31-25)19-9-16(5-8-20(19)35-24)17-11-29-14-30-12-17/h3-9,11-12,14,22H,10,13H2,1-2H3,(H2,28,31)/t24-,25-/m1/s1. The van der Waals surface area contributed by atoms with Gasteiger partial charge >= 0.3 is 6.61 Å². The smallest absolute Gasteiger partial charge is 0.387 e. The number of amides is 1.